The normalized spacial score (nSPS) is 25.4. The van der Waals surface area contributed by atoms with Gasteiger partial charge < -0.3 is 10.0 Å². The molecule has 1 fully saturated rings. The van der Waals surface area contributed by atoms with Crippen LogP contribution in [-0.4, -0.2) is 65.8 Å². The van der Waals surface area contributed by atoms with E-state index in [4.69, 9.17) is 0 Å². The van der Waals surface area contributed by atoms with Crippen LogP contribution in [0.5, 0.6) is 0 Å². The Morgan fingerprint density at radius 3 is 2.58 bits per heavy atom. The van der Waals surface area contributed by atoms with Crippen molar-refractivity contribution in [3.63, 3.8) is 0 Å². The van der Waals surface area contributed by atoms with Gasteiger partial charge in [0.25, 0.3) is 0 Å². The first-order valence-corrected chi connectivity index (χ1v) is 6.42. The second kappa shape index (κ2) is 6.56. The van der Waals surface area contributed by atoms with Gasteiger partial charge in [0.2, 0.25) is 5.91 Å². The van der Waals surface area contributed by atoms with Crippen LogP contribution < -0.4 is 0 Å². The number of halogens is 3. The summed E-state index contributed by atoms with van der Waals surface area (Å²) >= 11 is 0. The molecular formula is C12H21F3N2O2. The zero-order valence-electron chi connectivity index (χ0n) is 11.3. The number of hydrogen-bond acceptors (Lipinski definition) is 3. The molecule has 0 saturated carbocycles. The van der Waals surface area contributed by atoms with E-state index < -0.39 is 18.6 Å². The molecule has 0 aliphatic carbocycles. The molecule has 0 aromatic rings. The summed E-state index contributed by atoms with van der Waals surface area (Å²) in [6.07, 6.45) is -1.74. The lowest BCUT2D eigenvalue weighted by molar-refractivity contribution is -0.160. The maximum Gasteiger partial charge on any atom is 0.406 e. The van der Waals surface area contributed by atoms with Crippen molar-refractivity contribution in [1.29, 1.82) is 0 Å². The van der Waals surface area contributed by atoms with Crippen LogP contribution >= 0.6 is 0 Å². The number of alkyl halides is 3. The number of rotatable bonds is 4. The lowest BCUT2D eigenvalue weighted by atomic mass is 9.97. The summed E-state index contributed by atoms with van der Waals surface area (Å²) in [4.78, 5) is 14.3. The molecule has 1 aliphatic heterocycles. The van der Waals surface area contributed by atoms with E-state index in [0.29, 0.717) is 4.90 Å². The molecule has 112 valence electrons. The van der Waals surface area contributed by atoms with Crippen LogP contribution in [0.15, 0.2) is 0 Å². The summed E-state index contributed by atoms with van der Waals surface area (Å²) < 4.78 is 36.7. The van der Waals surface area contributed by atoms with E-state index in [1.54, 1.807) is 4.90 Å². The van der Waals surface area contributed by atoms with Gasteiger partial charge >= 0.3 is 6.18 Å². The molecule has 0 radical (unpaired) electrons. The Hall–Kier alpha value is -0.820. The quantitative estimate of drug-likeness (QED) is 0.844. The fourth-order valence-electron chi connectivity index (χ4n) is 2.46. The van der Waals surface area contributed by atoms with E-state index in [1.165, 1.54) is 0 Å². The third-order valence-corrected chi connectivity index (χ3v) is 3.57. The highest BCUT2D eigenvalue weighted by atomic mass is 19.4. The second-order valence-corrected chi connectivity index (χ2v) is 5.15. The summed E-state index contributed by atoms with van der Waals surface area (Å²) in [6, 6.07) is -0.0267. The number of hydrogen-bond donors (Lipinski definition) is 1. The maximum absolute atomic E-state index is 12.2. The fraction of sp³-hybridized carbons (Fsp3) is 0.917. The molecule has 0 spiro atoms. The van der Waals surface area contributed by atoms with Gasteiger partial charge in [-0.1, -0.05) is 6.42 Å². The van der Waals surface area contributed by atoms with Crippen LogP contribution in [0.3, 0.4) is 0 Å². The Labute approximate surface area is 111 Å². The number of carbonyl (C=O) groups is 1. The highest BCUT2D eigenvalue weighted by Crippen LogP contribution is 2.23. The number of carbonyl (C=O) groups excluding carboxylic acids is 1. The van der Waals surface area contributed by atoms with Crippen molar-refractivity contribution in [3.8, 4) is 0 Å². The zero-order chi connectivity index (χ0) is 14.6. The molecule has 1 amide bonds. The molecule has 0 aromatic heterocycles. The lowest BCUT2D eigenvalue weighted by Gasteiger charge is -2.40. The number of likely N-dealkylation sites (N-methyl/N-ethyl adjacent to an activating group) is 1. The lowest BCUT2D eigenvalue weighted by Crippen LogP contribution is -2.52. The summed E-state index contributed by atoms with van der Waals surface area (Å²) in [5.41, 5.74) is 0. The van der Waals surface area contributed by atoms with E-state index in [2.05, 4.69) is 0 Å². The van der Waals surface area contributed by atoms with Gasteiger partial charge in [-0.2, -0.15) is 13.2 Å². The minimum Gasteiger partial charge on any atom is -0.395 e. The Morgan fingerprint density at radius 2 is 2.05 bits per heavy atom. The van der Waals surface area contributed by atoms with Gasteiger partial charge in [0.15, 0.2) is 0 Å². The number of piperidine rings is 1. The molecule has 4 nitrogen and oxygen atoms in total. The fourth-order valence-corrected chi connectivity index (χ4v) is 2.46. The predicted molar refractivity (Wildman–Crippen MR) is 64.6 cm³/mol. The number of aliphatic hydroxyl groups excluding tert-OH is 1. The molecule has 2 atom stereocenters. The highest BCUT2D eigenvalue weighted by molar-refractivity contribution is 5.78. The first-order valence-electron chi connectivity index (χ1n) is 6.42. The second-order valence-electron chi connectivity index (χ2n) is 5.15. The molecule has 2 unspecified atom stereocenters. The molecular weight excluding hydrogens is 261 g/mol. The van der Waals surface area contributed by atoms with E-state index >= 15 is 0 Å². The van der Waals surface area contributed by atoms with Crippen molar-refractivity contribution in [3.05, 3.63) is 0 Å². The minimum absolute atomic E-state index is 0.0688. The third kappa shape index (κ3) is 4.99. The van der Waals surface area contributed by atoms with Crippen LogP contribution in [0.4, 0.5) is 13.2 Å². The summed E-state index contributed by atoms with van der Waals surface area (Å²) in [6.45, 7) is 0.552. The summed E-state index contributed by atoms with van der Waals surface area (Å²) in [5.74, 6) is -0.565. The standard InChI is InChI=1S/C12H21F3N2O2/c1-9-4-3-5-10(7-18)17(9)6-11(19)16(2)8-12(13,14)15/h9-10,18H,3-8H2,1-2H3. The molecule has 0 aromatic carbocycles. The van der Waals surface area contributed by atoms with Crippen molar-refractivity contribution in [2.75, 3.05) is 26.7 Å². The Bertz CT molecular complexity index is 310. The number of likely N-dealkylation sites (tertiary alicyclic amines) is 1. The van der Waals surface area contributed by atoms with E-state index in [1.807, 2.05) is 6.92 Å². The molecule has 1 N–H and O–H groups in total. The number of aliphatic hydroxyl groups is 1. The Morgan fingerprint density at radius 1 is 1.42 bits per heavy atom. The molecule has 1 rings (SSSR count). The smallest absolute Gasteiger partial charge is 0.395 e. The van der Waals surface area contributed by atoms with Crippen molar-refractivity contribution >= 4 is 5.91 Å². The molecule has 1 saturated heterocycles. The van der Waals surface area contributed by atoms with E-state index in [9.17, 15) is 23.1 Å². The van der Waals surface area contributed by atoms with Crippen LogP contribution in [-0.2, 0) is 4.79 Å². The van der Waals surface area contributed by atoms with E-state index in [-0.39, 0.29) is 25.2 Å². The van der Waals surface area contributed by atoms with Gasteiger partial charge in [0, 0.05) is 19.1 Å². The highest BCUT2D eigenvalue weighted by Gasteiger charge is 2.34. The maximum atomic E-state index is 12.2. The predicted octanol–water partition coefficient (Wildman–Crippen LogP) is 1.24. The largest absolute Gasteiger partial charge is 0.406 e. The Balaban J connectivity index is 2.58. The van der Waals surface area contributed by atoms with Gasteiger partial charge in [-0.25, -0.2) is 0 Å². The third-order valence-electron chi connectivity index (χ3n) is 3.57. The van der Waals surface area contributed by atoms with E-state index in [0.717, 1.165) is 26.3 Å². The van der Waals surface area contributed by atoms with Gasteiger partial charge in [0.05, 0.1) is 13.2 Å². The minimum atomic E-state index is -4.38. The van der Waals surface area contributed by atoms with Crippen LogP contribution in [0.1, 0.15) is 26.2 Å². The molecule has 0 bridgehead atoms. The van der Waals surface area contributed by atoms with Gasteiger partial charge in [-0.15, -0.1) is 0 Å². The first kappa shape index (κ1) is 16.2. The first-order chi connectivity index (χ1) is 8.74. The summed E-state index contributed by atoms with van der Waals surface area (Å²) in [7, 11) is 1.15. The molecule has 1 aliphatic rings. The van der Waals surface area contributed by atoms with Crippen LogP contribution in [0.2, 0.25) is 0 Å². The van der Waals surface area contributed by atoms with Crippen molar-refractivity contribution in [2.24, 2.45) is 0 Å². The average Bonchev–Trinajstić information content (AvgIpc) is 2.29. The van der Waals surface area contributed by atoms with Crippen molar-refractivity contribution in [1.82, 2.24) is 9.80 Å². The molecule has 7 heteroatoms. The SMILES string of the molecule is CC1CCCC(CO)N1CC(=O)N(C)CC(F)(F)F. The molecule has 1 heterocycles. The summed E-state index contributed by atoms with van der Waals surface area (Å²) in [5, 5.41) is 9.27. The zero-order valence-corrected chi connectivity index (χ0v) is 11.3. The van der Waals surface area contributed by atoms with Crippen LogP contribution in [0.25, 0.3) is 0 Å². The van der Waals surface area contributed by atoms with Gasteiger partial charge in [-0.05, 0) is 19.8 Å². The molecule has 19 heavy (non-hydrogen) atoms. The van der Waals surface area contributed by atoms with Crippen LogP contribution in [0, 0.1) is 0 Å². The van der Waals surface area contributed by atoms with Gasteiger partial charge in [-0.3, -0.25) is 9.69 Å². The monoisotopic (exact) mass is 282 g/mol. The number of amides is 1. The van der Waals surface area contributed by atoms with Gasteiger partial charge in [0.1, 0.15) is 6.54 Å². The number of nitrogens with zero attached hydrogens (tertiary/aromatic N) is 2. The van der Waals surface area contributed by atoms with Crippen molar-refractivity contribution < 1.29 is 23.1 Å². The topological polar surface area (TPSA) is 43.8 Å². The Kier molecular flexibility index (Phi) is 5.61. The average molecular weight is 282 g/mol. The van der Waals surface area contributed by atoms with Crippen molar-refractivity contribution in [2.45, 2.75) is 44.4 Å².